The zero-order valence-electron chi connectivity index (χ0n) is 16.8. The molecule has 0 saturated heterocycles. The Morgan fingerprint density at radius 1 is 0.931 bits per heavy atom. The molecule has 2 fully saturated rings. The van der Waals surface area contributed by atoms with Crippen molar-refractivity contribution >= 4 is 24.0 Å². The van der Waals surface area contributed by atoms with Crippen LogP contribution in [0.15, 0.2) is 54.6 Å². The van der Waals surface area contributed by atoms with Gasteiger partial charge in [0.25, 0.3) is 0 Å². The molecule has 0 heterocycles. The monoisotopic (exact) mass is 414 g/mol. The van der Waals surface area contributed by atoms with E-state index in [0.717, 1.165) is 24.1 Å². The number of nitrogens with one attached hydrogen (secondary N) is 1. The summed E-state index contributed by atoms with van der Waals surface area (Å²) in [5.74, 6) is 1.29. The van der Waals surface area contributed by atoms with Crippen LogP contribution in [0.1, 0.15) is 43.2 Å². The Labute approximate surface area is 179 Å². The van der Waals surface area contributed by atoms with E-state index < -0.39 is 0 Å². The van der Waals surface area contributed by atoms with Gasteiger partial charge < -0.3 is 15.8 Å². The molecule has 4 nitrogen and oxygen atoms in total. The van der Waals surface area contributed by atoms with Gasteiger partial charge in [-0.05, 0) is 60.8 Å². The van der Waals surface area contributed by atoms with Gasteiger partial charge in [0.15, 0.2) is 0 Å². The molecule has 2 aliphatic rings. The van der Waals surface area contributed by atoms with Gasteiger partial charge in [0.1, 0.15) is 0 Å². The van der Waals surface area contributed by atoms with Crippen LogP contribution < -0.4 is 11.1 Å². The van der Waals surface area contributed by atoms with Crippen molar-refractivity contribution in [1.82, 2.24) is 0 Å². The van der Waals surface area contributed by atoms with Gasteiger partial charge in [0.2, 0.25) is 5.91 Å². The highest BCUT2D eigenvalue weighted by Gasteiger charge is 2.40. The summed E-state index contributed by atoms with van der Waals surface area (Å²) in [5.41, 5.74) is 9.48. The molecular formula is C24H31ClN2O2. The highest BCUT2D eigenvalue weighted by molar-refractivity contribution is 5.92. The number of fused-ring (bicyclic) bond motifs is 2. The summed E-state index contributed by atoms with van der Waals surface area (Å²) in [7, 11) is 0. The SMILES string of the molecule is Cl.NC1C2CCCC1CC(C(=O)Nc1ccc(COCc3ccccc3)cc1)C2. The summed E-state index contributed by atoms with van der Waals surface area (Å²) in [6, 6.07) is 18.4. The molecule has 0 aromatic heterocycles. The average Bonchev–Trinajstić information content (AvgIpc) is 2.70. The lowest BCUT2D eigenvalue weighted by atomic mass is 9.65. The largest absolute Gasteiger partial charge is 0.372 e. The molecule has 3 N–H and O–H groups in total. The first kappa shape index (κ1) is 21.8. The standard InChI is InChI=1S/C24H30N2O2.ClH/c25-23-19-7-4-8-20(23)14-21(13-19)24(27)26-22-11-9-18(10-12-22)16-28-15-17-5-2-1-3-6-17;/h1-3,5-6,9-12,19-21,23H,4,7-8,13-16,25H2,(H,26,27);1H. The highest BCUT2D eigenvalue weighted by Crippen LogP contribution is 2.42. The zero-order valence-corrected chi connectivity index (χ0v) is 17.6. The number of nitrogens with two attached hydrogens (primary N) is 1. The van der Waals surface area contributed by atoms with Gasteiger partial charge in [-0.2, -0.15) is 0 Å². The fourth-order valence-electron chi connectivity index (χ4n) is 4.79. The van der Waals surface area contributed by atoms with E-state index in [-0.39, 0.29) is 24.2 Å². The molecule has 2 aliphatic carbocycles. The maximum atomic E-state index is 12.7. The summed E-state index contributed by atoms with van der Waals surface area (Å²) >= 11 is 0. The van der Waals surface area contributed by atoms with Crippen molar-refractivity contribution in [2.75, 3.05) is 5.32 Å². The van der Waals surface area contributed by atoms with E-state index >= 15 is 0 Å². The van der Waals surface area contributed by atoms with Gasteiger partial charge in [-0.15, -0.1) is 12.4 Å². The first-order valence-electron chi connectivity index (χ1n) is 10.5. The molecule has 156 valence electrons. The number of rotatable bonds is 6. The number of benzene rings is 2. The maximum Gasteiger partial charge on any atom is 0.227 e. The molecule has 2 saturated carbocycles. The van der Waals surface area contributed by atoms with Crippen LogP contribution in [0.2, 0.25) is 0 Å². The van der Waals surface area contributed by atoms with Gasteiger partial charge >= 0.3 is 0 Å². The molecule has 5 heteroatoms. The Morgan fingerprint density at radius 3 is 2.14 bits per heavy atom. The maximum absolute atomic E-state index is 12.7. The first-order chi connectivity index (χ1) is 13.7. The van der Waals surface area contributed by atoms with Crippen molar-refractivity contribution in [3.8, 4) is 0 Å². The number of amides is 1. The molecule has 0 aliphatic heterocycles. The van der Waals surface area contributed by atoms with Crippen molar-refractivity contribution in [1.29, 1.82) is 0 Å². The lowest BCUT2D eigenvalue weighted by molar-refractivity contribution is -0.122. The Balaban J connectivity index is 0.00000240. The summed E-state index contributed by atoms with van der Waals surface area (Å²) in [5, 5.41) is 3.10. The lowest BCUT2D eigenvalue weighted by Crippen LogP contribution is -2.48. The van der Waals surface area contributed by atoms with Gasteiger partial charge in [0, 0.05) is 17.6 Å². The fraction of sp³-hybridized carbons (Fsp3) is 0.458. The van der Waals surface area contributed by atoms with Crippen LogP contribution in [0, 0.1) is 17.8 Å². The summed E-state index contributed by atoms with van der Waals surface area (Å²) in [6.07, 6.45) is 5.51. The van der Waals surface area contributed by atoms with Gasteiger partial charge in [0.05, 0.1) is 13.2 Å². The molecule has 2 unspecified atom stereocenters. The number of halogens is 1. The number of anilines is 1. The van der Waals surface area contributed by atoms with Crippen molar-refractivity contribution < 1.29 is 9.53 Å². The van der Waals surface area contributed by atoms with E-state index in [2.05, 4.69) is 17.4 Å². The predicted molar refractivity (Wildman–Crippen MR) is 119 cm³/mol. The van der Waals surface area contributed by atoms with Gasteiger partial charge in [-0.1, -0.05) is 48.9 Å². The summed E-state index contributed by atoms with van der Waals surface area (Å²) in [4.78, 5) is 12.7. The Bertz CT molecular complexity index is 767. The van der Waals surface area contributed by atoms with Crippen molar-refractivity contribution in [2.45, 2.75) is 51.4 Å². The Kier molecular flexibility index (Phi) is 7.70. The van der Waals surface area contributed by atoms with Gasteiger partial charge in [-0.25, -0.2) is 0 Å². The Hall–Kier alpha value is -1.88. The van der Waals surface area contributed by atoms with Crippen LogP contribution in [0.3, 0.4) is 0 Å². The third-order valence-electron chi connectivity index (χ3n) is 6.39. The predicted octanol–water partition coefficient (Wildman–Crippen LogP) is 4.92. The minimum absolute atomic E-state index is 0. The second-order valence-electron chi connectivity index (χ2n) is 8.36. The highest BCUT2D eigenvalue weighted by atomic mass is 35.5. The minimum atomic E-state index is 0. The van der Waals surface area contributed by atoms with Crippen molar-refractivity contribution in [2.24, 2.45) is 23.5 Å². The molecule has 2 atom stereocenters. The number of carbonyl (C=O) groups is 1. The minimum Gasteiger partial charge on any atom is -0.372 e. The third kappa shape index (κ3) is 5.59. The molecular weight excluding hydrogens is 384 g/mol. The topological polar surface area (TPSA) is 64.4 Å². The van der Waals surface area contributed by atoms with E-state index in [1.165, 1.54) is 24.8 Å². The molecule has 2 aromatic rings. The number of hydrogen-bond donors (Lipinski definition) is 2. The van der Waals surface area contributed by atoms with Crippen LogP contribution in [-0.2, 0) is 22.7 Å². The normalized spacial score (nSPS) is 25.7. The summed E-state index contributed by atoms with van der Waals surface area (Å²) < 4.78 is 5.78. The first-order valence-corrected chi connectivity index (χ1v) is 10.5. The summed E-state index contributed by atoms with van der Waals surface area (Å²) in [6.45, 7) is 1.17. The quantitative estimate of drug-likeness (QED) is 0.705. The van der Waals surface area contributed by atoms with Crippen molar-refractivity contribution in [3.05, 3.63) is 65.7 Å². The molecule has 4 rings (SSSR count). The fourth-order valence-corrected chi connectivity index (χ4v) is 4.79. The molecule has 1 amide bonds. The van der Waals surface area contributed by atoms with Crippen LogP contribution in [0.4, 0.5) is 5.69 Å². The number of hydrogen-bond acceptors (Lipinski definition) is 3. The lowest BCUT2D eigenvalue weighted by Gasteiger charge is -2.43. The smallest absolute Gasteiger partial charge is 0.227 e. The number of ether oxygens (including phenoxy) is 1. The van der Waals surface area contributed by atoms with Gasteiger partial charge in [-0.3, -0.25) is 4.79 Å². The molecule has 0 radical (unpaired) electrons. The van der Waals surface area contributed by atoms with Crippen molar-refractivity contribution in [3.63, 3.8) is 0 Å². The van der Waals surface area contributed by atoms with Crippen LogP contribution in [0.5, 0.6) is 0 Å². The van der Waals surface area contributed by atoms with E-state index in [9.17, 15) is 4.79 Å². The van der Waals surface area contributed by atoms with E-state index in [0.29, 0.717) is 31.1 Å². The number of carbonyl (C=O) groups excluding carboxylic acids is 1. The second-order valence-corrected chi connectivity index (χ2v) is 8.36. The van der Waals surface area contributed by atoms with E-state index in [4.69, 9.17) is 10.5 Å². The van der Waals surface area contributed by atoms with Crippen LogP contribution in [0.25, 0.3) is 0 Å². The average molecular weight is 415 g/mol. The van der Waals surface area contributed by atoms with Crippen LogP contribution >= 0.6 is 12.4 Å². The molecule has 2 aromatic carbocycles. The van der Waals surface area contributed by atoms with E-state index in [1.54, 1.807) is 0 Å². The van der Waals surface area contributed by atoms with Crippen LogP contribution in [-0.4, -0.2) is 11.9 Å². The zero-order chi connectivity index (χ0) is 19.3. The molecule has 0 spiro atoms. The second kappa shape index (κ2) is 10.2. The Morgan fingerprint density at radius 2 is 1.52 bits per heavy atom. The third-order valence-corrected chi connectivity index (χ3v) is 6.39. The van der Waals surface area contributed by atoms with E-state index in [1.807, 2.05) is 42.5 Å². The molecule has 2 bridgehead atoms. The molecule has 29 heavy (non-hydrogen) atoms.